The fourth-order valence-corrected chi connectivity index (χ4v) is 5.04. The molecule has 1 saturated carbocycles. The average Bonchev–Trinajstić information content (AvgIpc) is 3.09. The molecule has 0 amide bonds. The first-order valence-corrected chi connectivity index (χ1v) is 10.4. The molecular weight excluding hydrogens is 312 g/mol. The number of ether oxygens (including phenoxy) is 1. The minimum absolute atomic E-state index is 0.195. The molecule has 140 valence electrons. The van der Waals surface area contributed by atoms with Crippen LogP contribution in [0.5, 0.6) is 0 Å². The largest absolute Gasteiger partial charge is 0.372 e. The Morgan fingerprint density at radius 1 is 1.04 bits per heavy atom. The SMILES string of the molecule is Cn1cncc1[C@H]1C[C@H](NC2CCN(C3CCCCC3)CC2)CCO1. The molecular formula is C20H34N4O. The molecule has 4 rings (SSSR count). The quantitative estimate of drug-likeness (QED) is 0.910. The number of imidazole rings is 1. The zero-order chi connectivity index (χ0) is 17.1. The first-order chi connectivity index (χ1) is 12.3. The molecule has 5 heteroatoms. The van der Waals surface area contributed by atoms with Crippen LogP contribution in [0, 0.1) is 0 Å². The number of aromatic nitrogens is 2. The van der Waals surface area contributed by atoms with Gasteiger partial charge in [0.1, 0.15) is 6.10 Å². The van der Waals surface area contributed by atoms with Gasteiger partial charge >= 0.3 is 0 Å². The standard InChI is InChI=1S/C20H34N4O/c1-23-15-21-14-19(23)20-13-17(9-12-25-20)22-16-7-10-24(11-8-16)18-5-3-2-4-6-18/h14-18,20,22H,2-13H2,1H3/t17-,20-/m1/s1. The third kappa shape index (κ3) is 4.26. The fourth-order valence-electron chi connectivity index (χ4n) is 5.04. The lowest BCUT2D eigenvalue weighted by Crippen LogP contribution is -2.50. The number of hydrogen-bond acceptors (Lipinski definition) is 4. The third-order valence-electron chi connectivity index (χ3n) is 6.56. The van der Waals surface area contributed by atoms with E-state index in [1.807, 2.05) is 12.5 Å². The van der Waals surface area contributed by atoms with Crippen molar-refractivity contribution in [2.24, 2.45) is 7.05 Å². The lowest BCUT2D eigenvalue weighted by molar-refractivity contribution is -0.00777. The number of aryl methyl sites for hydroxylation is 1. The van der Waals surface area contributed by atoms with Crippen molar-refractivity contribution in [1.29, 1.82) is 0 Å². The Morgan fingerprint density at radius 3 is 2.56 bits per heavy atom. The van der Waals surface area contributed by atoms with Crippen molar-refractivity contribution in [3.63, 3.8) is 0 Å². The second kappa shape index (κ2) is 8.19. The van der Waals surface area contributed by atoms with E-state index in [0.717, 1.165) is 25.5 Å². The zero-order valence-electron chi connectivity index (χ0n) is 15.7. The van der Waals surface area contributed by atoms with E-state index < -0.39 is 0 Å². The van der Waals surface area contributed by atoms with E-state index in [4.69, 9.17) is 4.74 Å². The summed E-state index contributed by atoms with van der Waals surface area (Å²) in [5, 5.41) is 3.96. The van der Waals surface area contributed by atoms with Crippen LogP contribution in [0.3, 0.4) is 0 Å². The molecule has 0 bridgehead atoms. The second-order valence-corrected chi connectivity index (χ2v) is 8.28. The monoisotopic (exact) mass is 346 g/mol. The second-order valence-electron chi connectivity index (χ2n) is 8.28. The molecule has 3 aliphatic rings. The Kier molecular flexibility index (Phi) is 5.73. The predicted molar refractivity (Wildman–Crippen MR) is 99.5 cm³/mol. The van der Waals surface area contributed by atoms with Crippen molar-refractivity contribution < 1.29 is 4.74 Å². The summed E-state index contributed by atoms with van der Waals surface area (Å²) in [5.74, 6) is 0. The normalized spacial score (nSPS) is 30.6. The maximum Gasteiger partial charge on any atom is 0.100 e. The highest BCUT2D eigenvalue weighted by Crippen LogP contribution is 2.29. The molecule has 3 heterocycles. The molecule has 2 aliphatic heterocycles. The maximum atomic E-state index is 6.01. The van der Waals surface area contributed by atoms with Crippen LogP contribution in [0.25, 0.3) is 0 Å². The Morgan fingerprint density at radius 2 is 1.84 bits per heavy atom. The molecule has 1 N–H and O–H groups in total. The van der Waals surface area contributed by atoms with Gasteiger partial charge in [-0.25, -0.2) is 4.98 Å². The van der Waals surface area contributed by atoms with E-state index in [-0.39, 0.29) is 6.10 Å². The van der Waals surface area contributed by atoms with Gasteiger partial charge in [0.15, 0.2) is 0 Å². The number of nitrogens with one attached hydrogen (secondary N) is 1. The number of likely N-dealkylation sites (tertiary alicyclic amines) is 1. The van der Waals surface area contributed by atoms with E-state index >= 15 is 0 Å². The summed E-state index contributed by atoms with van der Waals surface area (Å²) in [6.45, 7) is 3.43. The molecule has 2 atom stereocenters. The van der Waals surface area contributed by atoms with Crippen molar-refractivity contribution in [2.75, 3.05) is 19.7 Å². The number of rotatable bonds is 4. The van der Waals surface area contributed by atoms with Gasteiger partial charge in [0, 0.05) is 31.8 Å². The first kappa shape index (κ1) is 17.5. The van der Waals surface area contributed by atoms with Gasteiger partial charge in [0.2, 0.25) is 0 Å². The zero-order valence-corrected chi connectivity index (χ0v) is 15.7. The number of hydrogen-bond donors (Lipinski definition) is 1. The Balaban J connectivity index is 1.25. The summed E-state index contributed by atoms with van der Waals surface area (Å²) in [6, 6.07) is 2.15. The van der Waals surface area contributed by atoms with Crippen molar-refractivity contribution in [2.45, 2.75) is 82.0 Å². The smallest absolute Gasteiger partial charge is 0.100 e. The van der Waals surface area contributed by atoms with Gasteiger partial charge in [0.25, 0.3) is 0 Å². The van der Waals surface area contributed by atoms with Crippen molar-refractivity contribution >= 4 is 0 Å². The molecule has 1 aliphatic carbocycles. The van der Waals surface area contributed by atoms with E-state index in [1.165, 1.54) is 63.7 Å². The summed E-state index contributed by atoms with van der Waals surface area (Å²) in [6.07, 6.45) is 16.1. The van der Waals surface area contributed by atoms with Gasteiger partial charge in [-0.3, -0.25) is 0 Å². The Bertz CT molecular complexity index is 532. The van der Waals surface area contributed by atoms with E-state index in [2.05, 4.69) is 26.8 Å². The maximum absolute atomic E-state index is 6.01. The van der Waals surface area contributed by atoms with Crippen molar-refractivity contribution in [3.8, 4) is 0 Å². The molecule has 1 aromatic heterocycles. The minimum atomic E-state index is 0.195. The van der Waals surface area contributed by atoms with E-state index in [9.17, 15) is 0 Å². The van der Waals surface area contributed by atoms with Crippen molar-refractivity contribution in [3.05, 3.63) is 18.2 Å². The van der Waals surface area contributed by atoms with Gasteiger partial charge in [-0.2, -0.15) is 0 Å². The van der Waals surface area contributed by atoms with Gasteiger partial charge in [-0.15, -0.1) is 0 Å². The van der Waals surface area contributed by atoms with Crippen LogP contribution in [0.15, 0.2) is 12.5 Å². The third-order valence-corrected chi connectivity index (χ3v) is 6.56. The van der Waals surface area contributed by atoms with Crippen LogP contribution in [0.1, 0.15) is 69.6 Å². The van der Waals surface area contributed by atoms with Crippen LogP contribution in [-0.4, -0.2) is 52.3 Å². The fraction of sp³-hybridized carbons (Fsp3) is 0.850. The highest BCUT2D eigenvalue weighted by molar-refractivity contribution is 5.04. The van der Waals surface area contributed by atoms with Crippen molar-refractivity contribution in [1.82, 2.24) is 19.8 Å². The summed E-state index contributed by atoms with van der Waals surface area (Å²) >= 11 is 0. The highest BCUT2D eigenvalue weighted by atomic mass is 16.5. The summed E-state index contributed by atoms with van der Waals surface area (Å²) < 4.78 is 8.10. The van der Waals surface area contributed by atoms with Gasteiger partial charge < -0.3 is 19.5 Å². The molecule has 2 saturated heterocycles. The molecule has 5 nitrogen and oxygen atoms in total. The molecule has 1 aromatic rings. The van der Waals surface area contributed by atoms with Crippen LogP contribution in [-0.2, 0) is 11.8 Å². The van der Waals surface area contributed by atoms with Gasteiger partial charge in [-0.05, 0) is 51.6 Å². The lowest BCUT2D eigenvalue weighted by Gasteiger charge is -2.41. The highest BCUT2D eigenvalue weighted by Gasteiger charge is 2.30. The Hall–Kier alpha value is -0.910. The topological polar surface area (TPSA) is 42.3 Å². The molecule has 3 fully saturated rings. The molecule has 25 heavy (non-hydrogen) atoms. The van der Waals surface area contributed by atoms with Gasteiger partial charge in [0.05, 0.1) is 18.2 Å². The van der Waals surface area contributed by atoms with Crippen LogP contribution < -0.4 is 5.32 Å². The first-order valence-electron chi connectivity index (χ1n) is 10.4. The van der Waals surface area contributed by atoms with Crippen LogP contribution >= 0.6 is 0 Å². The molecule has 0 spiro atoms. The Labute approximate surface area is 152 Å². The summed E-state index contributed by atoms with van der Waals surface area (Å²) in [5.41, 5.74) is 1.21. The molecule has 0 radical (unpaired) electrons. The van der Waals surface area contributed by atoms with Crippen LogP contribution in [0.4, 0.5) is 0 Å². The minimum Gasteiger partial charge on any atom is -0.372 e. The van der Waals surface area contributed by atoms with Gasteiger partial charge in [-0.1, -0.05) is 19.3 Å². The predicted octanol–water partition coefficient (Wildman–Crippen LogP) is 3.03. The average molecular weight is 347 g/mol. The van der Waals surface area contributed by atoms with E-state index in [1.54, 1.807) is 0 Å². The molecule has 0 unspecified atom stereocenters. The number of nitrogens with zero attached hydrogens (tertiary/aromatic N) is 3. The van der Waals surface area contributed by atoms with Crippen LogP contribution in [0.2, 0.25) is 0 Å². The lowest BCUT2D eigenvalue weighted by atomic mass is 9.91. The number of piperidine rings is 1. The molecule has 0 aromatic carbocycles. The summed E-state index contributed by atoms with van der Waals surface area (Å²) in [7, 11) is 2.06. The van der Waals surface area contributed by atoms with E-state index in [0.29, 0.717) is 12.1 Å². The summed E-state index contributed by atoms with van der Waals surface area (Å²) in [4.78, 5) is 7.02.